The van der Waals surface area contributed by atoms with Gasteiger partial charge in [0.2, 0.25) is 0 Å². The van der Waals surface area contributed by atoms with Crippen molar-refractivity contribution in [1.82, 2.24) is 0 Å². The van der Waals surface area contributed by atoms with Crippen LogP contribution in [0.4, 0.5) is 0 Å². The molecule has 1 N–H and O–H groups in total. The summed E-state index contributed by atoms with van der Waals surface area (Å²) in [5.41, 5.74) is -0.464. The summed E-state index contributed by atoms with van der Waals surface area (Å²) in [6.45, 7) is 9.09. The molecule has 0 radical (unpaired) electrons. The molecule has 7 heteroatoms. The summed E-state index contributed by atoms with van der Waals surface area (Å²) in [6, 6.07) is 20.9. The summed E-state index contributed by atoms with van der Waals surface area (Å²) in [6.07, 6.45) is 10.8. The molecule has 0 saturated heterocycles. The lowest BCUT2D eigenvalue weighted by atomic mass is 9.78. The number of benzene rings is 2. The average Bonchev–Trinajstić information content (AvgIpc) is 2.98. The van der Waals surface area contributed by atoms with Crippen LogP contribution in [-0.4, -0.2) is 52.8 Å². The molecule has 0 bridgehead atoms. The van der Waals surface area contributed by atoms with E-state index in [1.54, 1.807) is 6.08 Å². The lowest BCUT2D eigenvalue weighted by molar-refractivity contribution is -0.169. The van der Waals surface area contributed by atoms with Crippen LogP contribution < -0.4 is 10.4 Å². The predicted octanol–water partition coefficient (Wildman–Crippen LogP) is 5.51. The molecule has 0 aliphatic heterocycles. The van der Waals surface area contributed by atoms with Gasteiger partial charge in [-0.3, -0.25) is 9.59 Å². The minimum absolute atomic E-state index is 0.0470. The monoisotopic (exact) mass is 578 g/mol. The number of hydrogen-bond acceptors (Lipinski definition) is 6. The molecule has 0 spiro atoms. The van der Waals surface area contributed by atoms with E-state index in [1.807, 2.05) is 43.4 Å². The quantitative estimate of drug-likeness (QED) is 0.0987. The van der Waals surface area contributed by atoms with Crippen molar-refractivity contribution in [3.63, 3.8) is 0 Å². The van der Waals surface area contributed by atoms with E-state index in [4.69, 9.17) is 19.0 Å². The molecule has 0 heterocycles. The van der Waals surface area contributed by atoms with E-state index in [0.717, 1.165) is 5.57 Å². The smallest absolute Gasteiger partial charge is 0.323 e. The molecular formula is C34H46O6Si. The van der Waals surface area contributed by atoms with Crippen molar-refractivity contribution < 1.29 is 28.6 Å². The van der Waals surface area contributed by atoms with E-state index in [-0.39, 0.29) is 24.5 Å². The van der Waals surface area contributed by atoms with E-state index in [0.29, 0.717) is 19.4 Å². The topological polar surface area (TPSA) is 82.1 Å². The first-order valence-electron chi connectivity index (χ1n) is 14.1. The molecule has 0 atom stereocenters. The molecular weight excluding hydrogens is 532 g/mol. The first-order valence-corrected chi connectivity index (χ1v) is 16.0. The van der Waals surface area contributed by atoms with Gasteiger partial charge in [0.15, 0.2) is 5.41 Å². The molecule has 2 rings (SSSR count). The molecule has 0 fully saturated rings. The molecule has 2 aromatic rings. The number of carbonyl (C=O) groups excluding carboxylic acids is 2. The molecule has 41 heavy (non-hydrogen) atoms. The molecule has 0 saturated carbocycles. The highest BCUT2D eigenvalue weighted by molar-refractivity contribution is 6.99. The molecule has 2 aromatic carbocycles. The highest BCUT2D eigenvalue weighted by Gasteiger charge is 2.50. The number of methoxy groups -OCH3 is 2. The number of esters is 2. The van der Waals surface area contributed by atoms with Crippen molar-refractivity contribution in [3.05, 3.63) is 96.6 Å². The fraction of sp³-hybridized carbons (Fsp3) is 0.412. The number of ether oxygens (including phenoxy) is 2. The minimum Gasteiger partial charge on any atom is -0.468 e. The Morgan fingerprint density at radius 2 is 1.37 bits per heavy atom. The number of aliphatic hydroxyl groups is 1. The Labute approximate surface area is 246 Å². The van der Waals surface area contributed by atoms with Gasteiger partial charge in [-0.25, -0.2) is 0 Å². The molecule has 0 unspecified atom stereocenters. The fourth-order valence-electron chi connectivity index (χ4n) is 5.19. The van der Waals surface area contributed by atoms with Crippen molar-refractivity contribution in [3.8, 4) is 0 Å². The van der Waals surface area contributed by atoms with E-state index < -0.39 is 25.7 Å². The maximum atomic E-state index is 12.9. The number of carbonyl (C=O) groups is 2. The van der Waals surface area contributed by atoms with Crippen molar-refractivity contribution in [2.75, 3.05) is 27.4 Å². The van der Waals surface area contributed by atoms with E-state index >= 15 is 0 Å². The summed E-state index contributed by atoms with van der Waals surface area (Å²) in [7, 11) is -0.0813. The van der Waals surface area contributed by atoms with Gasteiger partial charge in [0, 0.05) is 6.61 Å². The van der Waals surface area contributed by atoms with Crippen LogP contribution in [0.15, 0.2) is 96.6 Å². The summed E-state index contributed by atoms with van der Waals surface area (Å²) in [5, 5.41) is 11.4. The molecule has 0 aliphatic carbocycles. The molecule has 0 aliphatic rings. The number of allylic oxidation sites excluding steroid dienone is 4. The zero-order chi connectivity index (χ0) is 30.4. The Balaban J connectivity index is 2.25. The largest absolute Gasteiger partial charge is 0.468 e. The Kier molecular flexibility index (Phi) is 13.5. The maximum absolute atomic E-state index is 12.9. The van der Waals surface area contributed by atoms with Gasteiger partial charge >= 0.3 is 11.9 Å². The minimum atomic E-state index is -2.64. The lowest BCUT2D eigenvalue weighted by Gasteiger charge is -2.42. The van der Waals surface area contributed by atoms with Crippen LogP contribution in [0.5, 0.6) is 0 Å². The van der Waals surface area contributed by atoms with Crippen LogP contribution in [-0.2, 0) is 23.5 Å². The van der Waals surface area contributed by atoms with E-state index in [9.17, 15) is 9.59 Å². The standard InChI is InChI=1S/C34H46O6Si/c1-28(18-17-26-35)23-25-34(31(36)38-5,32(37)39-6)24-15-7-8-16-27-40-41(33(2,3)4,29-19-11-9-12-20-29)30-21-13-10-14-22-30/h7-16,18-22,35H,17,23-27H2,1-6H3. The Hall–Kier alpha value is -3.26. The van der Waals surface area contributed by atoms with Gasteiger partial charge in [0.25, 0.3) is 8.32 Å². The SMILES string of the molecule is COC(=O)C(CC=CC=CCO[Si](c1ccccc1)(c1ccccc1)C(C)(C)C)(CCC(C)=CCCO)C(=O)OC. The number of aliphatic hydroxyl groups excluding tert-OH is 1. The Bertz CT molecular complexity index is 1120. The van der Waals surface area contributed by atoms with Crippen LogP contribution in [0.3, 0.4) is 0 Å². The normalized spacial score (nSPS) is 13.1. The van der Waals surface area contributed by atoms with Gasteiger partial charge < -0.3 is 19.0 Å². The van der Waals surface area contributed by atoms with Gasteiger partial charge in [0.1, 0.15) is 0 Å². The highest BCUT2D eigenvalue weighted by Crippen LogP contribution is 2.37. The molecule has 0 aromatic heterocycles. The zero-order valence-corrected chi connectivity index (χ0v) is 26.4. The predicted molar refractivity (Wildman–Crippen MR) is 168 cm³/mol. The molecule has 222 valence electrons. The first-order chi connectivity index (χ1) is 19.6. The van der Waals surface area contributed by atoms with Crippen LogP contribution in [0.1, 0.15) is 53.4 Å². The zero-order valence-electron chi connectivity index (χ0n) is 25.4. The van der Waals surface area contributed by atoms with Crippen LogP contribution >= 0.6 is 0 Å². The van der Waals surface area contributed by atoms with E-state index in [1.165, 1.54) is 24.6 Å². The maximum Gasteiger partial charge on any atom is 0.323 e. The van der Waals surface area contributed by atoms with Gasteiger partial charge in [-0.05, 0) is 48.0 Å². The lowest BCUT2D eigenvalue weighted by Crippen LogP contribution is -2.66. The summed E-state index contributed by atoms with van der Waals surface area (Å²) in [4.78, 5) is 25.7. The van der Waals surface area contributed by atoms with E-state index in [2.05, 4.69) is 69.3 Å². The summed E-state index contributed by atoms with van der Waals surface area (Å²) >= 11 is 0. The Morgan fingerprint density at radius 3 is 1.83 bits per heavy atom. The van der Waals surface area contributed by atoms with Crippen molar-refractivity contribution in [2.45, 2.75) is 58.4 Å². The average molecular weight is 579 g/mol. The number of hydrogen-bond donors (Lipinski definition) is 1. The second-order valence-corrected chi connectivity index (χ2v) is 15.5. The van der Waals surface area contributed by atoms with Gasteiger partial charge in [-0.1, -0.05) is 117 Å². The second kappa shape index (κ2) is 16.2. The third-order valence-corrected chi connectivity index (χ3v) is 12.4. The third-order valence-electron chi connectivity index (χ3n) is 7.38. The fourth-order valence-corrected chi connectivity index (χ4v) is 9.69. The molecule has 6 nitrogen and oxygen atoms in total. The third kappa shape index (κ3) is 8.61. The van der Waals surface area contributed by atoms with Gasteiger partial charge in [-0.15, -0.1) is 0 Å². The van der Waals surface area contributed by atoms with Gasteiger partial charge in [0.05, 0.1) is 20.8 Å². The second-order valence-electron chi connectivity index (χ2n) is 11.2. The van der Waals surface area contributed by atoms with Crippen molar-refractivity contribution in [1.29, 1.82) is 0 Å². The highest BCUT2D eigenvalue weighted by atomic mass is 28.4. The van der Waals surface area contributed by atoms with Crippen molar-refractivity contribution in [2.24, 2.45) is 5.41 Å². The number of rotatable bonds is 15. The Morgan fingerprint density at radius 1 is 0.854 bits per heavy atom. The summed E-state index contributed by atoms with van der Waals surface area (Å²) < 4.78 is 16.9. The van der Waals surface area contributed by atoms with Gasteiger partial charge in [-0.2, -0.15) is 0 Å². The van der Waals surface area contributed by atoms with Crippen LogP contribution in [0.2, 0.25) is 5.04 Å². The molecule has 0 amide bonds. The van der Waals surface area contributed by atoms with Crippen molar-refractivity contribution >= 4 is 30.6 Å². The van der Waals surface area contributed by atoms with Crippen LogP contribution in [0.25, 0.3) is 0 Å². The van der Waals surface area contributed by atoms with Crippen LogP contribution in [0, 0.1) is 5.41 Å². The summed E-state index contributed by atoms with van der Waals surface area (Å²) in [5.74, 6) is -1.24. The first kappa shape index (κ1) is 33.9.